The van der Waals surface area contributed by atoms with Gasteiger partial charge in [0.2, 0.25) is 11.7 Å². The number of hydrogen-bond acceptors (Lipinski definition) is 7. The molecule has 10 heteroatoms. The Hall–Kier alpha value is -2.39. The summed E-state index contributed by atoms with van der Waals surface area (Å²) in [5.41, 5.74) is 0.409. The van der Waals surface area contributed by atoms with E-state index in [2.05, 4.69) is 30.6 Å². The number of aromatic nitrogens is 5. The zero-order chi connectivity index (χ0) is 19.4. The van der Waals surface area contributed by atoms with Gasteiger partial charge in [-0.25, -0.2) is 4.98 Å². The van der Waals surface area contributed by atoms with Gasteiger partial charge in [-0.05, 0) is 36.8 Å². The minimum Gasteiger partial charge on any atom is -0.340 e. The fourth-order valence-electron chi connectivity index (χ4n) is 2.52. The van der Waals surface area contributed by atoms with E-state index in [4.69, 9.17) is 16.1 Å². The Balaban J connectivity index is 1.84. The Morgan fingerprint density at radius 1 is 1.41 bits per heavy atom. The number of aromatic amines is 1. The molecule has 27 heavy (non-hydrogen) atoms. The van der Waals surface area contributed by atoms with Crippen LogP contribution in [0.25, 0.3) is 11.6 Å². The normalized spacial score (nSPS) is 12.3. The van der Waals surface area contributed by atoms with Crippen molar-refractivity contribution in [3.8, 4) is 11.6 Å². The number of H-pyrrole nitrogens is 1. The lowest BCUT2D eigenvalue weighted by atomic mass is 10.0. The summed E-state index contributed by atoms with van der Waals surface area (Å²) in [5.74, 6) is 0.994. The monoisotopic (exact) mass is 406 g/mol. The third kappa shape index (κ3) is 4.67. The van der Waals surface area contributed by atoms with Crippen molar-refractivity contribution in [2.45, 2.75) is 31.2 Å². The molecule has 3 rings (SSSR count). The van der Waals surface area contributed by atoms with Gasteiger partial charge in [-0.1, -0.05) is 30.6 Å². The number of hydrogen-bond donors (Lipinski definition) is 2. The first-order chi connectivity index (χ1) is 13.0. The summed E-state index contributed by atoms with van der Waals surface area (Å²) in [7, 11) is 0. The SMILES string of the molecule is CSc1ccc(Cl)c(C(=O)N[C@H](CC(C)C)c2nc(-c3ncn[nH]3)no2)c1. The zero-order valence-corrected chi connectivity index (χ0v) is 16.6. The van der Waals surface area contributed by atoms with Crippen LogP contribution in [0.1, 0.15) is 42.6 Å². The number of benzene rings is 1. The average molecular weight is 407 g/mol. The van der Waals surface area contributed by atoms with Crippen LogP contribution in [-0.2, 0) is 0 Å². The van der Waals surface area contributed by atoms with Gasteiger partial charge in [0.05, 0.1) is 10.6 Å². The van der Waals surface area contributed by atoms with Crippen LogP contribution in [-0.4, -0.2) is 37.5 Å². The van der Waals surface area contributed by atoms with E-state index in [9.17, 15) is 4.79 Å². The molecule has 2 aromatic heterocycles. The predicted octanol–water partition coefficient (Wildman–Crippen LogP) is 3.75. The van der Waals surface area contributed by atoms with Crippen LogP contribution < -0.4 is 5.32 Å². The summed E-state index contributed by atoms with van der Waals surface area (Å²) in [6, 6.07) is 4.91. The molecule has 3 aromatic rings. The maximum atomic E-state index is 12.8. The lowest BCUT2D eigenvalue weighted by Crippen LogP contribution is -2.30. The quantitative estimate of drug-likeness (QED) is 0.575. The summed E-state index contributed by atoms with van der Waals surface area (Å²) in [6.07, 6.45) is 3.93. The van der Waals surface area contributed by atoms with Gasteiger partial charge in [0.1, 0.15) is 12.4 Å². The maximum absolute atomic E-state index is 12.8. The van der Waals surface area contributed by atoms with Gasteiger partial charge in [-0.2, -0.15) is 10.1 Å². The van der Waals surface area contributed by atoms with Crippen molar-refractivity contribution in [2.75, 3.05) is 6.26 Å². The molecule has 0 aliphatic heterocycles. The highest BCUT2D eigenvalue weighted by Gasteiger charge is 2.25. The number of halogens is 1. The molecule has 0 aliphatic carbocycles. The van der Waals surface area contributed by atoms with Crippen molar-refractivity contribution >= 4 is 29.3 Å². The number of nitrogens with one attached hydrogen (secondary N) is 2. The van der Waals surface area contributed by atoms with E-state index in [0.29, 0.717) is 34.6 Å². The third-order valence-corrected chi connectivity index (χ3v) is 4.85. The van der Waals surface area contributed by atoms with Gasteiger partial charge in [-0.3, -0.25) is 9.89 Å². The first-order valence-electron chi connectivity index (χ1n) is 8.31. The van der Waals surface area contributed by atoms with Gasteiger partial charge in [-0.15, -0.1) is 11.8 Å². The summed E-state index contributed by atoms with van der Waals surface area (Å²) in [6.45, 7) is 4.10. The summed E-state index contributed by atoms with van der Waals surface area (Å²) >= 11 is 7.76. The minimum absolute atomic E-state index is 0.285. The highest BCUT2D eigenvalue weighted by molar-refractivity contribution is 7.98. The number of nitrogens with zero attached hydrogens (tertiary/aromatic N) is 4. The van der Waals surface area contributed by atoms with Crippen LogP contribution >= 0.6 is 23.4 Å². The van der Waals surface area contributed by atoms with Gasteiger partial charge in [0.25, 0.3) is 5.91 Å². The largest absolute Gasteiger partial charge is 0.340 e. The Morgan fingerprint density at radius 3 is 2.89 bits per heavy atom. The number of carbonyl (C=O) groups is 1. The Bertz CT molecular complexity index is 912. The number of thioether (sulfide) groups is 1. The molecular formula is C17H19ClN6O2S. The molecule has 1 aromatic carbocycles. The van der Waals surface area contributed by atoms with Crippen molar-refractivity contribution in [3.63, 3.8) is 0 Å². The van der Waals surface area contributed by atoms with E-state index in [-0.39, 0.29) is 11.7 Å². The van der Waals surface area contributed by atoms with Crippen molar-refractivity contribution in [1.82, 2.24) is 30.6 Å². The third-order valence-electron chi connectivity index (χ3n) is 3.80. The van der Waals surface area contributed by atoms with E-state index in [0.717, 1.165) is 4.90 Å². The topological polar surface area (TPSA) is 110 Å². The highest BCUT2D eigenvalue weighted by Crippen LogP contribution is 2.26. The van der Waals surface area contributed by atoms with Crippen LogP contribution in [0.2, 0.25) is 5.02 Å². The second kappa shape index (κ2) is 8.53. The zero-order valence-electron chi connectivity index (χ0n) is 15.1. The molecule has 0 aliphatic rings. The van der Waals surface area contributed by atoms with E-state index in [1.165, 1.54) is 6.33 Å². The van der Waals surface area contributed by atoms with Gasteiger partial charge >= 0.3 is 0 Å². The van der Waals surface area contributed by atoms with E-state index >= 15 is 0 Å². The predicted molar refractivity (Wildman–Crippen MR) is 103 cm³/mol. The molecule has 0 saturated heterocycles. The molecule has 0 unspecified atom stereocenters. The lowest BCUT2D eigenvalue weighted by molar-refractivity contribution is 0.0922. The van der Waals surface area contributed by atoms with Crippen LogP contribution in [0.5, 0.6) is 0 Å². The average Bonchev–Trinajstić information content (AvgIpc) is 3.32. The first-order valence-corrected chi connectivity index (χ1v) is 9.92. The molecule has 0 spiro atoms. The lowest BCUT2D eigenvalue weighted by Gasteiger charge is -2.17. The Labute approximate surface area is 165 Å². The minimum atomic E-state index is -0.448. The van der Waals surface area contributed by atoms with Crippen molar-refractivity contribution in [3.05, 3.63) is 41.0 Å². The van der Waals surface area contributed by atoms with Crippen molar-refractivity contribution < 1.29 is 9.32 Å². The van der Waals surface area contributed by atoms with E-state index in [1.807, 2.05) is 26.2 Å². The first kappa shape index (κ1) is 19.4. The molecule has 2 heterocycles. The van der Waals surface area contributed by atoms with Gasteiger partial charge in [0, 0.05) is 4.90 Å². The van der Waals surface area contributed by atoms with Crippen LogP contribution in [0.15, 0.2) is 33.9 Å². The van der Waals surface area contributed by atoms with Crippen molar-refractivity contribution in [2.24, 2.45) is 5.92 Å². The molecule has 1 atom stereocenters. The molecule has 0 bridgehead atoms. The van der Waals surface area contributed by atoms with Gasteiger partial charge < -0.3 is 9.84 Å². The molecule has 142 valence electrons. The second-order valence-corrected chi connectivity index (χ2v) is 7.58. The fourth-order valence-corrected chi connectivity index (χ4v) is 3.16. The number of rotatable bonds is 7. The summed E-state index contributed by atoms with van der Waals surface area (Å²) < 4.78 is 5.36. The number of amides is 1. The second-order valence-electron chi connectivity index (χ2n) is 6.29. The molecular weight excluding hydrogens is 388 g/mol. The van der Waals surface area contributed by atoms with E-state index < -0.39 is 6.04 Å². The molecule has 8 nitrogen and oxygen atoms in total. The van der Waals surface area contributed by atoms with Crippen LogP contribution in [0, 0.1) is 5.92 Å². The summed E-state index contributed by atoms with van der Waals surface area (Å²) in [5, 5.41) is 13.7. The Morgan fingerprint density at radius 2 is 2.22 bits per heavy atom. The number of carbonyl (C=O) groups excluding carboxylic acids is 1. The molecule has 0 saturated carbocycles. The highest BCUT2D eigenvalue weighted by atomic mass is 35.5. The standard InChI is InChI=1S/C17H19ClN6O2S/c1-9(2)6-13(17-22-15(24-26-17)14-19-8-20-23-14)21-16(25)11-7-10(27-3)4-5-12(11)18/h4-5,7-9,13H,6H2,1-3H3,(H,21,25)(H,19,20,23)/t13-/m1/s1. The molecule has 0 radical (unpaired) electrons. The summed E-state index contributed by atoms with van der Waals surface area (Å²) in [4.78, 5) is 22.1. The van der Waals surface area contributed by atoms with Crippen LogP contribution in [0.3, 0.4) is 0 Å². The van der Waals surface area contributed by atoms with E-state index in [1.54, 1.807) is 23.9 Å². The van der Waals surface area contributed by atoms with Crippen molar-refractivity contribution in [1.29, 1.82) is 0 Å². The Kier molecular flexibility index (Phi) is 6.12. The van der Waals surface area contributed by atoms with Gasteiger partial charge in [0.15, 0.2) is 5.82 Å². The smallest absolute Gasteiger partial charge is 0.253 e. The molecule has 1 amide bonds. The maximum Gasteiger partial charge on any atom is 0.253 e. The molecule has 0 fully saturated rings. The molecule has 2 N–H and O–H groups in total. The fraction of sp³-hybridized carbons (Fsp3) is 0.353. The van der Waals surface area contributed by atoms with Crippen LogP contribution in [0.4, 0.5) is 0 Å².